The van der Waals surface area contributed by atoms with E-state index in [1.54, 1.807) is 26.2 Å². The average Bonchev–Trinajstić information content (AvgIpc) is 3.39. The van der Waals surface area contributed by atoms with Crippen LogP contribution in [0.15, 0.2) is 47.4 Å². The molecule has 0 saturated carbocycles. The fourth-order valence-corrected chi connectivity index (χ4v) is 6.33. The number of morpholine rings is 1. The molecule has 8 nitrogen and oxygen atoms in total. The number of methoxy groups -OCH3 is 1. The van der Waals surface area contributed by atoms with Crippen LogP contribution < -0.4 is 10.1 Å². The average molecular weight is 488 g/mol. The fraction of sp³-hybridized carbons (Fsp3) is 0.480. The molecule has 1 atom stereocenters. The molecule has 2 aliphatic heterocycles. The molecule has 2 aromatic carbocycles. The van der Waals surface area contributed by atoms with Crippen molar-refractivity contribution in [3.63, 3.8) is 0 Å². The number of benzene rings is 2. The number of hydrogen-bond acceptors (Lipinski definition) is 6. The number of carbonyl (C=O) groups excluding carboxylic acids is 1. The summed E-state index contributed by atoms with van der Waals surface area (Å²) in [4.78, 5) is 15.7. The Hall–Kier alpha value is -2.46. The molecule has 2 fully saturated rings. The van der Waals surface area contributed by atoms with E-state index in [2.05, 4.69) is 10.2 Å². The Bertz CT molecular complexity index is 1110. The molecule has 1 N–H and O–H groups in total. The summed E-state index contributed by atoms with van der Waals surface area (Å²) in [6, 6.07) is 12.7. The van der Waals surface area contributed by atoms with Gasteiger partial charge in [0.2, 0.25) is 10.0 Å². The smallest absolute Gasteiger partial charge is 0.251 e. The summed E-state index contributed by atoms with van der Waals surface area (Å²) in [5, 5.41) is 3.04. The van der Waals surface area contributed by atoms with E-state index in [-0.39, 0.29) is 16.8 Å². The number of nitrogens with one attached hydrogen (secondary N) is 1. The number of sulfonamides is 1. The van der Waals surface area contributed by atoms with Crippen LogP contribution in [0.4, 0.5) is 0 Å². The lowest BCUT2D eigenvalue weighted by Gasteiger charge is -2.29. The van der Waals surface area contributed by atoms with Gasteiger partial charge in [-0.2, -0.15) is 4.31 Å². The van der Waals surface area contributed by atoms with Gasteiger partial charge < -0.3 is 14.8 Å². The Labute approximate surface area is 201 Å². The van der Waals surface area contributed by atoms with Gasteiger partial charge in [0.1, 0.15) is 5.75 Å². The van der Waals surface area contributed by atoms with Gasteiger partial charge in [0.15, 0.2) is 0 Å². The molecule has 0 radical (unpaired) electrons. The second-order valence-corrected chi connectivity index (χ2v) is 10.6. The highest BCUT2D eigenvalue weighted by Crippen LogP contribution is 2.31. The summed E-state index contributed by atoms with van der Waals surface area (Å²) in [5.41, 5.74) is 1.98. The first-order valence-electron chi connectivity index (χ1n) is 11.8. The first-order chi connectivity index (χ1) is 16.4. The van der Waals surface area contributed by atoms with Gasteiger partial charge in [-0.3, -0.25) is 9.69 Å². The van der Waals surface area contributed by atoms with Gasteiger partial charge in [0.05, 0.1) is 31.3 Å². The van der Waals surface area contributed by atoms with E-state index in [0.717, 1.165) is 37.2 Å². The number of nitrogens with zero attached hydrogens (tertiary/aromatic N) is 2. The summed E-state index contributed by atoms with van der Waals surface area (Å²) >= 11 is 0. The quantitative estimate of drug-likeness (QED) is 0.616. The van der Waals surface area contributed by atoms with Gasteiger partial charge in [-0.25, -0.2) is 8.42 Å². The summed E-state index contributed by atoms with van der Waals surface area (Å²) in [6.45, 7) is 5.46. The van der Waals surface area contributed by atoms with Gasteiger partial charge in [-0.15, -0.1) is 0 Å². The fourth-order valence-electron chi connectivity index (χ4n) is 4.67. The van der Waals surface area contributed by atoms with Crippen LogP contribution in [0.2, 0.25) is 0 Å². The summed E-state index contributed by atoms with van der Waals surface area (Å²) < 4.78 is 38.7. The zero-order valence-electron chi connectivity index (χ0n) is 19.8. The van der Waals surface area contributed by atoms with E-state index in [9.17, 15) is 13.2 Å². The maximum Gasteiger partial charge on any atom is 0.251 e. The number of amides is 1. The van der Waals surface area contributed by atoms with Gasteiger partial charge >= 0.3 is 0 Å². The van der Waals surface area contributed by atoms with Crippen molar-refractivity contribution in [3.05, 3.63) is 59.2 Å². The Balaban J connectivity index is 1.54. The topological polar surface area (TPSA) is 88.2 Å². The molecular weight excluding hydrogens is 454 g/mol. The second-order valence-electron chi connectivity index (χ2n) is 8.71. The monoisotopic (exact) mass is 487 g/mol. The molecule has 2 aliphatic rings. The molecule has 2 heterocycles. The molecule has 0 bridgehead atoms. The van der Waals surface area contributed by atoms with E-state index >= 15 is 0 Å². The largest absolute Gasteiger partial charge is 0.496 e. The molecular formula is C25H33N3O5S. The first-order valence-corrected chi connectivity index (χ1v) is 13.2. The maximum absolute atomic E-state index is 13.2. The molecule has 0 aliphatic carbocycles. The van der Waals surface area contributed by atoms with Crippen molar-refractivity contribution in [2.45, 2.75) is 30.7 Å². The highest BCUT2D eigenvalue weighted by molar-refractivity contribution is 7.89. The van der Waals surface area contributed by atoms with Gasteiger partial charge in [0, 0.05) is 30.8 Å². The minimum Gasteiger partial charge on any atom is -0.496 e. The van der Waals surface area contributed by atoms with E-state index in [1.807, 2.05) is 24.3 Å². The molecule has 0 spiro atoms. The molecule has 0 aromatic heterocycles. The zero-order valence-corrected chi connectivity index (χ0v) is 20.6. The van der Waals surface area contributed by atoms with Gasteiger partial charge in [-0.1, -0.05) is 24.3 Å². The van der Waals surface area contributed by atoms with Crippen molar-refractivity contribution < 1.29 is 22.7 Å². The van der Waals surface area contributed by atoms with Crippen molar-refractivity contribution in [2.24, 2.45) is 0 Å². The lowest BCUT2D eigenvalue weighted by atomic mass is 10.0. The van der Waals surface area contributed by atoms with E-state index in [1.165, 1.54) is 10.4 Å². The number of rotatable bonds is 8. The molecule has 2 aromatic rings. The Morgan fingerprint density at radius 1 is 1.09 bits per heavy atom. The van der Waals surface area contributed by atoms with Crippen molar-refractivity contribution in [1.29, 1.82) is 0 Å². The van der Waals surface area contributed by atoms with Crippen LogP contribution in [-0.4, -0.2) is 76.6 Å². The number of para-hydroxylation sites is 1. The van der Waals surface area contributed by atoms with E-state index < -0.39 is 10.0 Å². The molecule has 1 amide bonds. The predicted molar refractivity (Wildman–Crippen MR) is 130 cm³/mol. The van der Waals surface area contributed by atoms with Crippen LogP contribution in [0.25, 0.3) is 0 Å². The second kappa shape index (κ2) is 10.9. The zero-order chi connectivity index (χ0) is 24.1. The van der Waals surface area contributed by atoms with Crippen molar-refractivity contribution in [1.82, 2.24) is 14.5 Å². The van der Waals surface area contributed by atoms with Crippen LogP contribution >= 0.6 is 0 Å². The number of likely N-dealkylation sites (tertiary alicyclic amines) is 1. The first kappa shape index (κ1) is 24.7. The van der Waals surface area contributed by atoms with Crippen LogP contribution in [-0.2, 0) is 14.8 Å². The number of carbonyl (C=O) groups is 1. The van der Waals surface area contributed by atoms with Crippen LogP contribution in [0.5, 0.6) is 5.75 Å². The third kappa shape index (κ3) is 5.27. The minimum atomic E-state index is -3.70. The highest BCUT2D eigenvalue weighted by atomic mass is 32.2. The normalized spacial score (nSPS) is 18.5. The van der Waals surface area contributed by atoms with E-state index in [0.29, 0.717) is 44.0 Å². The van der Waals surface area contributed by atoms with Crippen molar-refractivity contribution in [3.8, 4) is 5.75 Å². The molecule has 2 saturated heterocycles. The third-order valence-corrected chi connectivity index (χ3v) is 8.61. The van der Waals surface area contributed by atoms with Gasteiger partial charge in [-0.05, 0) is 56.6 Å². The predicted octanol–water partition coefficient (Wildman–Crippen LogP) is 2.59. The van der Waals surface area contributed by atoms with Gasteiger partial charge in [0.25, 0.3) is 5.91 Å². The standard InChI is InChI=1S/C25H33N3O5S/c1-19-9-10-20(17-24(19)34(30,31)28-13-15-33-16-14-28)25(29)26-18-22(27-11-5-6-12-27)21-7-3-4-8-23(21)32-2/h3-4,7-10,17,22H,5-6,11-16,18H2,1-2H3,(H,26,29)/t22-/m0/s1. The highest BCUT2D eigenvalue weighted by Gasteiger charge is 2.29. The van der Waals surface area contributed by atoms with Crippen LogP contribution in [0.1, 0.15) is 40.4 Å². The summed E-state index contributed by atoms with van der Waals surface area (Å²) in [7, 11) is -2.04. The lowest BCUT2D eigenvalue weighted by molar-refractivity contribution is 0.0730. The van der Waals surface area contributed by atoms with Crippen molar-refractivity contribution in [2.75, 3.05) is 53.0 Å². The van der Waals surface area contributed by atoms with Crippen molar-refractivity contribution >= 4 is 15.9 Å². The maximum atomic E-state index is 13.2. The number of ether oxygens (including phenoxy) is 2. The van der Waals surface area contributed by atoms with Crippen LogP contribution in [0, 0.1) is 6.92 Å². The molecule has 4 rings (SSSR count). The van der Waals surface area contributed by atoms with E-state index in [4.69, 9.17) is 9.47 Å². The third-order valence-electron chi connectivity index (χ3n) is 6.57. The molecule has 34 heavy (non-hydrogen) atoms. The summed E-state index contributed by atoms with van der Waals surface area (Å²) in [5.74, 6) is 0.500. The summed E-state index contributed by atoms with van der Waals surface area (Å²) in [6.07, 6.45) is 2.25. The lowest BCUT2D eigenvalue weighted by Crippen LogP contribution is -2.41. The SMILES string of the molecule is COc1ccccc1[C@H](CNC(=O)c1ccc(C)c(S(=O)(=O)N2CCOCC2)c1)N1CCCC1. The Morgan fingerprint density at radius 2 is 1.79 bits per heavy atom. The Kier molecular flexibility index (Phi) is 7.88. The molecule has 184 valence electrons. The molecule has 9 heteroatoms. The minimum absolute atomic E-state index is 0.0235. The number of aryl methyl sites for hydroxylation is 1. The number of hydrogen-bond donors (Lipinski definition) is 1. The Morgan fingerprint density at radius 3 is 2.50 bits per heavy atom. The van der Waals surface area contributed by atoms with Crippen LogP contribution in [0.3, 0.4) is 0 Å². The molecule has 0 unspecified atom stereocenters.